The van der Waals surface area contributed by atoms with Crippen molar-refractivity contribution in [2.24, 2.45) is 0 Å². The zero-order valence-electron chi connectivity index (χ0n) is 19.7. The van der Waals surface area contributed by atoms with E-state index in [1.165, 1.54) is 0 Å². The number of hydrogen-bond donors (Lipinski definition) is 1. The predicted molar refractivity (Wildman–Crippen MR) is 125 cm³/mol. The molecule has 0 radical (unpaired) electrons. The largest absolute Gasteiger partial charge is 0.508 e. The molecule has 30 heavy (non-hydrogen) atoms. The molecule has 2 rings (SSSR count). The summed E-state index contributed by atoms with van der Waals surface area (Å²) in [6.07, 6.45) is 0. The zero-order chi connectivity index (χ0) is 22.7. The molecule has 0 saturated heterocycles. The number of aromatic hydroxyl groups is 1. The average Bonchev–Trinajstić information content (AvgIpc) is 2.62. The first-order valence-corrected chi connectivity index (χ1v) is 12.3. The van der Waals surface area contributed by atoms with Gasteiger partial charge in [0.05, 0.1) is 13.2 Å². The van der Waals surface area contributed by atoms with Crippen molar-refractivity contribution < 1.29 is 18.7 Å². The van der Waals surface area contributed by atoms with Gasteiger partial charge in [-0.1, -0.05) is 77.9 Å². The van der Waals surface area contributed by atoms with Crippen molar-refractivity contribution in [1.82, 2.24) is 0 Å². The Kier molecular flexibility index (Phi) is 7.61. The van der Waals surface area contributed by atoms with Crippen LogP contribution in [0.2, 0.25) is 0 Å². The number of benzene rings is 2. The Morgan fingerprint density at radius 2 is 1.33 bits per heavy atom. The first-order valence-electron chi connectivity index (χ1n) is 10.7. The summed E-state index contributed by atoms with van der Waals surface area (Å²) in [5.41, 5.74) is 2.76. The van der Waals surface area contributed by atoms with Gasteiger partial charge in [0.2, 0.25) is 0 Å². The van der Waals surface area contributed by atoms with Crippen LogP contribution in [0.1, 0.15) is 83.3 Å². The second-order valence-corrected chi connectivity index (χ2v) is 11.8. The van der Waals surface area contributed by atoms with E-state index in [0.29, 0.717) is 5.56 Å². The summed E-state index contributed by atoms with van der Waals surface area (Å²) in [4.78, 5) is 0. The van der Waals surface area contributed by atoms with Crippen molar-refractivity contribution in [2.75, 3.05) is 13.2 Å². The summed E-state index contributed by atoms with van der Waals surface area (Å²) in [6, 6.07) is 13.4. The Balaban J connectivity index is 2.88. The predicted octanol–water partition coefficient (Wildman–Crippen LogP) is 7.34. The van der Waals surface area contributed by atoms with Gasteiger partial charge in [-0.25, -0.2) is 0 Å². The second-order valence-electron chi connectivity index (χ2n) is 9.68. The Morgan fingerprint density at radius 1 is 0.867 bits per heavy atom. The van der Waals surface area contributed by atoms with Gasteiger partial charge in [0, 0.05) is 5.56 Å². The van der Waals surface area contributed by atoms with Gasteiger partial charge < -0.3 is 14.2 Å². The van der Waals surface area contributed by atoms with Gasteiger partial charge in [0.15, 0.2) is 0 Å². The SMILES string of the molecule is CCOP(=O)(OCC)C(c1cc(C(C)(C)C)cc(C(C)(C)C)c1)c1ccccc1O. The lowest BCUT2D eigenvalue weighted by atomic mass is 9.79. The minimum atomic E-state index is -3.60. The molecule has 0 bridgehead atoms. The lowest BCUT2D eigenvalue weighted by Crippen LogP contribution is -2.18. The Labute approximate surface area is 182 Å². The molecule has 2 aromatic carbocycles. The summed E-state index contributed by atoms with van der Waals surface area (Å²) in [5, 5.41) is 10.7. The van der Waals surface area contributed by atoms with E-state index in [1.807, 2.05) is 6.07 Å². The van der Waals surface area contributed by atoms with Crippen molar-refractivity contribution in [2.45, 2.75) is 71.9 Å². The normalized spacial score (nSPS) is 14.0. The molecule has 2 aromatic rings. The lowest BCUT2D eigenvalue weighted by Gasteiger charge is -2.31. The molecule has 0 aliphatic heterocycles. The van der Waals surface area contributed by atoms with E-state index in [1.54, 1.807) is 32.0 Å². The minimum Gasteiger partial charge on any atom is -0.508 e. The van der Waals surface area contributed by atoms with Crippen LogP contribution in [0.3, 0.4) is 0 Å². The number of rotatable bonds is 7. The molecule has 1 N–H and O–H groups in total. The third-order valence-electron chi connectivity index (χ3n) is 5.17. The highest BCUT2D eigenvalue weighted by Crippen LogP contribution is 2.65. The summed E-state index contributed by atoms with van der Waals surface area (Å²) in [7, 11) is -3.60. The van der Waals surface area contributed by atoms with Crippen LogP contribution in [-0.2, 0) is 24.4 Å². The molecule has 0 aromatic heterocycles. The standard InChI is InChI=1S/C25H37O4P/c1-9-28-30(27,29-10-2)23(21-13-11-12-14-22(21)26)18-15-19(24(3,4)5)17-20(16-18)25(6,7)8/h11-17,23,26H,9-10H2,1-8H3. The topological polar surface area (TPSA) is 55.8 Å². The highest BCUT2D eigenvalue weighted by atomic mass is 31.2. The Hall–Kier alpha value is -1.61. The summed E-state index contributed by atoms with van der Waals surface area (Å²) >= 11 is 0. The monoisotopic (exact) mass is 432 g/mol. The molecule has 0 amide bonds. The summed E-state index contributed by atoms with van der Waals surface area (Å²) in [5.74, 6) is 0.0839. The van der Waals surface area contributed by atoms with Crippen LogP contribution in [-0.4, -0.2) is 18.3 Å². The molecule has 0 saturated carbocycles. The van der Waals surface area contributed by atoms with E-state index < -0.39 is 13.3 Å². The van der Waals surface area contributed by atoms with Gasteiger partial charge in [0.1, 0.15) is 11.4 Å². The van der Waals surface area contributed by atoms with Crippen LogP contribution < -0.4 is 0 Å². The minimum absolute atomic E-state index is 0.0839. The van der Waals surface area contributed by atoms with Crippen molar-refractivity contribution in [1.29, 1.82) is 0 Å². The Morgan fingerprint density at radius 3 is 1.73 bits per heavy atom. The van der Waals surface area contributed by atoms with Crippen LogP contribution in [0, 0.1) is 0 Å². The second kappa shape index (κ2) is 9.26. The fourth-order valence-electron chi connectivity index (χ4n) is 3.47. The molecule has 0 aliphatic carbocycles. The van der Waals surface area contributed by atoms with E-state index in [0.717, 1.165) is 16.7 Å². The summed E-state index contributed by atoms with van der Waals surface area (Å²) in [6.45, 7) is 17.1. The average molecular weight is 433 g/mol. The maximum atomic E-state index is 14.0. The molecule has 1 unspecified atom stereocenters. The molecule has 0 aliphatic rings. The fraction of sp³-hybridized carbons (Fsp3) is 0.520. The number of phenolic OH excluding ortho intramolecular Hbond substituents is 1. The highest BCUT2D eigenvalue weighted by molar-refractivity contribution is 7.54. The van der Waals surface area contributed by atoms with E-state index in [9.17, 15) is 9.67 Å². The fourth-order valence-corrected chi connectivity index (χ4v) is 5.64. The van der Waals surface area contributed by atoms with Crippen molar-refractivity contribution in [3.63, 3.8) is 0 Å². The molecule has 5 heteroatoms. The third kappa shape index (κ3) is 5.55. The van der Waals surface area contributed by atoms with Crippen molar-refractivity contribution in [3.8, 4) is 5.75 Å². The number of phenols is 1. The van der Waals surface area contributed by atoms with Crippen molar-refractivity contribution in [3.05, 3.63) is 64.7 Å². The molecule has 0 spiro atoms. The third-order valence-corrected chi connectivity index (χ3v) is 7.61. The lowest BCUT2D eigenvalue weighted by molar-refractivity contribution is 0.214. The van der Waals surface area contributed by atoms with Crippen LogP contribution in [0.15, 0.2) is 42.5 Å². The van der Waals surface area contributed by atoms with E-state index in [-0.39, 0.29) is 29.8 Å². The van der Waals surface area contributed by atoms with Crippen LogP contribution >= 0.6 is 7.60 Å². The molecular formula is C25H37O4P. The smallest absolute Gasteiger partial charge is 0.342 e. The van der Waals surface area contributed by atoms with Gasteiger partial charge in [-0.05, 0) is 47.4 Å². The molecule has 1 atom stereocenters. The van der Waals surface area contributed by atoms with Gasteiger partial charge in [-0.3, -0.25) is 4.57 Å². The van der Waals surface area contributed by atoms with Gasteiger partial charge in [-0.15, -0.1) is 0 Å². The quantitative estimate of drug-likeness (QED) is 0.465. The van der Waals surface area contributed by atoms with Crippen molar-refractivity contribution >= 4 is 7.60 Å². The maximum absolute atomic E-state index is 14.0. The van der Waals surface area contributed by atoms with Crippen LogP contribution in [0.5, 0.6) is 5.75 Å². The van der Waals surface area contributed by atoms with Gasteiger partial charge >= 0.3 is 7.60 Å². The number of para-hydroxylation sites is 1. The molecule has 4 nitrogen and oxygen atoms in total. The Bertz CT molecular complexity index is 864. The highest BCUT2D eigenvalue weighted by Gasteiger charge is 2.40. The molecular weight excluding hydrogens is 395 g/mol. The maximum Gasteiger partial charge on any atom is 0.342 e. The number of hydrogen-bond acceptors (Lipinski definition) is 4. The van der Waals surface area contributed by atoms with E-state index in [4.69, 9.17) is 9.05 Å². The van der Waals surface area contributed by atoms with Gasteiger partial charge in [0.25, 0.3) is 0 Å². The molecule has 0 fully saturated rings. The van der Waals surface area contributed by atoms with E-state index >= 15 is 0 Å². The molecule has 0 heterocycles. The van der Waals surface area contributed by atoms with Gasteiger partial charge in [-0.2, -0.15) is 0 Å². The first-order chi connectivity index (χ1) is 13.8. The van der Waals surface area contributed by atoms with Crippen LogP contribution in [0.25, 0.3) is 0 Å². The zero-order valence-corrected chi connectivity index (χ0v) is 20.5. The molecule has 166 valence electrons. The summed E-state index contributed by atoms with van der Waals surface area (Å²) < 4.78 is 25.6. The van der Waals surface area contributed by atoms with Crippen LogP contribution in [0.4, 0.5) is 0 Å². The first kappa shape index (κ1) is 24.7. The van der Waals surface area contributed by atoms with E-state index in [2.05, 4.69) is 59.7 Å².